The van der Waals surface area contributed by atoms with E-state index in [1.165, 1.54) is 32.8 Å². The zero-order chi connectivity index (χ0) is 34.7. The Morgan fingerprint density at radius 1 is 0.642 bits per heavy atom. The van der Waals surface area contributed by atoms with E-state index in [2.05, 4.69) is 183 Å². The summed E-state index contributed by atoms with van der Waals surface area (Å²) in [5.41, 5.74) is 12.9. The first-order chi connectivity index (χ1) is 26.2. The van der Waals surface area contributed by atoms with Crippen LogP contribution in [-0.2, 0) is 5.66 Å². The third kappa shape index (κ3) is 3.02. The van der Waals surface area contributed by atoms with Crippen molar-refractivity contribution in [3.8, 4) is 39.8 Å². The Morgan fingerprint density at radius 3 is 2.23 bits per heavy atom. The molecule has 10 aromatic rings. The highest BCUT2D eigenvalue weighted by Gasteiger charge is 2.69. The van der Waals surface area contributed by atoms with Crippen molar-refractivity contribution in [1.82, 2.24) is 18.8 Å². The summed E-state index contributed by atoms with van der Waals surface area (Å²) in [4.78, 5) is 5.24. The average Bonchev–Trinajstić information content (AvgIpc) is 3.90. The lowest BCUT2D eigenvalue weighted by atomic mass is 9.84. The van der Waals surface area contributed by atoms with Crippen molar-refractivity contribution in [2.24, 2.45) is 0 Å². The largest absolute Gasteiger partial charge is 0.456 e. The van der Waals surface area contributed by atoms with Crippen molar-refractivity contribution < 1.29 is 14.0 Å². The van der Waals surface area contributed by atoms with E-state index < -0.39 is 5.66 Å². The molecule has 8 heterocycles. The molecule has 3 aliphatic rings. The highest BCUT2D eigenvalue weighted by molar-refractivity contribution is 6.12. The first-order valence-electron chi connectivity index (χ1n) is 18.2. The molecule has 13 rings (SSSR count). The van der Waals surface area contributed by atoms with Crippen LogP contribution in [0, 0.1) is 13.8 Å². The molecule has 0 radical (unpaired) electrons. The molecule has 3 aliphatic heterocycles. The molecule has 5 aromatic heterocycles. The fourth-order valence-corrected chi connectivity index (χ4v) is 10.2. The van der Waals surface area contributed by atoms with Gasteiger partial charge in [-0.3, -0.25) is 4.57 Å². The molecule has 0 saturated heterocycles. The van der Waals surface area contributed by atoms with Crippen LogP contribution >= 0.6 is 0 Å². The fourth-order valence-electron chi connectivity index (χ4n) is 10.2. The highest BCUT2D eigenvalue weighted by Crippen LogP contribution is 2.56. The Hall–Kier alpha value is -6.99. The predicted molar refractivity (Wildman–Crippen MR) is 206 cm³/mol. The number of hydrogen-bond donors (Lipinski definition) is 0. The molecule has 5 aromatic carbocycles. The quantitative estimate of drug-likeness (QED) is 0.171. The zero-order valence-electron chi connectivity index (χ0n) is 28.9. The minimum Gasteiger partial charge on any atom is -0.456 e. The average molecular weight is 683 g/mol. The summed E-state index contributed by atoms with van der Waals surface area (Å²) < 4.78 is 19.1. The predicted octanol–water partition coefficient (Wildman–Crippen LogP) is 8.96. The number of para-hydroxylation sites is 3. The van der Waals surface area contributed by atoms with E-state index in [0.717, 1.165) is 73.3 Å². The minimum atomic E-state index is -0.742. The molecule has 1 unspecified atom stereocenters. The van der Waals surface area contributed by atoms with E-state index in [1.54, 1.807) is 0 Å². The molecule has 0 saturated carbocycles. The van der Waals surface area contributed by atoms with Gasteiger partial charge in [-0.2, -0.15) is 9.13 Å². The second-order valence-electron chi connectivity index (χ2n) is 14.5. The summed E-state index contributed by atoms with van der Waals surface area (Å²) in [6.45, 7) is 4.53. The number of fused-ring (bicyclic) bond motifs is 10. The van der Waals surface area contributed by atoms with E-state index in [9.17, 15) is 0 Å². The van der Waals surface area contributed by atoms with Gasteiger partial charge in [0.05, 0.1) is 23.0 Å². The van der Waals surface area contributed by atoms with Crippen LogP contribution in [-0.4, -0.2) is 18.8 Å². The number of aromatic nitrogens is 6. The van der Waals surface area contributed by atoms with Crippen LogP contribution < -0.4 is 14.0 Å². The van der Waals surface area contributed by atoms with Gasteiger partial charge in [0.15, 0.2) is 11.1 Å². The third-order valence-electron chi connectivity index (χ3n) is 12.0. The van der Waals surface area contributed by atoms with Crippen LogP contribution in [0.2, 0.25) is 0 Å². The van der Waals surface area contributed by atoms with Gasteiger partial charge in [0.25, 0.3) is 5.82 Å². The van der Waals surface area contributed by atoms with Gasteiger partial charge in [-0.1, -0.05) is 65.3 Å². The highest BCUT2D eigenvalue weighted by atomic mass is 16.5. The normalized spacial score (nSPS) is 16.0. The van der Waals surface area contributed by atoms with Crippen molar-refractivity contribution in [1.29, 1.82) is 0 Å². The molecule has 0 N–H and O–H groups in total. The summed E-state index contributed by atoms with van der Waals surface area (Å²) in [6.07, 6.45) is 4.31. The van der Waals surface area contributed by atoms with E-state index in [4.69, 9.17) is 9.72 Å². The van der Waals surface area contributed by atoms with Crippen molar-refractivity contribution in [2.75, 3.05) is 0 Å². The lowest BCUT2D eigenvalue weighted by Gasteiger charge is -2.33. The molecule has 1 atom stereocenters. The first kappa shape index (κ1) is 27.7. The summed E-state index contributed by atoms with van der Waals surface area (Å²) in [5.74, 6) is 2.88. The van der Waals surface area contributed by atoms with Crippen molar-refractivity contribution >= 4 is 43.7 Å². The number of hydrogen-bond acceptors (Lipinski definition) is 2. The smallest absolute Gasteiger partial charge is 0.397 e. The molecular formula is C46H30N6O+2. The van der Waals surface area contributed by atoms with Crippen LogP contribution in [0.1, 0.15) is 22.5 Å². The number of pyridine rings is 2. The van der Waals surface area contributed by atoms with Gasteiger partial charge < -0.3 is 4.74 Å². The Balaban J connectivity index is 1.16. The molecule has 1 spiro atoms. The molecule has 7 heteroatoms. The standard InChI is InChI=1S/C46H30N6O/c1-27-41(29-25-34-32-16-7-8-17-35(32)49(45(34)47-26-29)30-13-4-3-5-14-30)28(2)52-46-42-37(51(27)52)19-12-20-38(42)53-39-23-22-33-31-15-6-9-18-36(31)50(44(33)43(39)46)40-21-10-11-24-48(40)46/h3-26H,1-2H3/q+2. The zero-order valence-corrected chi connectivity index (χ0v) is 28.9. The van der Waals surface area contributed by atoms with Crippen LogP contribution in [0.3, 0.4) is 0 Å². The Morgan fingerprint density at radius 2 is 1.38 bits per heavy atom. The fraction of sp³-hybridized carbons (Fsp3) is 0.0652. The number of benzene rings is 5. The minimum absolute atomic E-state index is 0.742. The first-order valence-corrected chi connectivity index (χ1v) is 18.2. The van der Waals surface area contributed by atoms with Crippen LogP contribution in [0.5, 0.6) is 11.5 Å². The van der Waals surface area contributed by atoms with Crippen molar-refractivity contribution in [3.63, 3.8) is 0 Å². The molecule has 0 fully saturated rings. The summed E-state index contributed by atoms with van der Waals surface area (Å²) in [6, 6.07) is 47.7. The number of ether oxygens (including phenoxy) is 1. The molecule has 7 nitrogen and oxygen atoms in total. The summed E-state index contributed by atoms with van der Waals surface area (Å²) in [5, 5.41) is 4.79. The van der Waals surface area contributed by atoms with E-state index in [1.807, 2.05) is 0 Å². The Labute approximate surface area is 303 Å². The van der Waals surface area contributed by atoms with Crippen molar-refractivity contribution in [2.45, 2.75) is 19.5 Å². The SMILES string of the molecule is Cc1c(-c2cnc3c(c2)c2ccccc2n3-c2ccccc2)c(C)[n+]2n1-c1cccc3c1C21c2c(ccc4c5ccccc5n(c24)-c2cccc[n+]21)O3. The van der Waals surface area contributed by atoms with Gasteiger partial charge in [0, 0.05) is 52.0 Å². The molecule has 0 amide bonds. The van der Waals surface area contributed by atoms with Gasteiger partial charge in [-0.25, -0.2) is 4.98 Å². The number of nitrogens with zero attached hydrogens (tertiary/aromatic N) is 6. The monoisotopic (exact) mass is 682 g/mol. The van der Waals surface area contributed by atoms with E-state index in [-0.39, 0.29) is 0 Å². The van der Waals surface area contributed by atoms with E-state index >= 15 is 0 Å². The van der Waals surface area contributed by atoms with Gasteiger partial charge in [0.2, 0.25) is 5.69 Å². The van der Waals surface area contributed by atoms with Gasteiger partial charge >= 0.3 is 5.66 Å². The Kier molecular flexibility index (Phi) is 4.84. The maximum absolute atomic E-state index is 6.90. The lowest BCUT2D eigenvalue weighted by Crippen LogP contribution is -2.77. The second-order valence-corrected chi connectivity index (χ2v) is 14.5. The van der Waals surface area contributed by atoms with Gasteiger partial charge in [-0.05, 0) is 73.7 Å². The van der Waals surface area contributed by atoms with Gasteiger partial charge in [-0.15, -0.1) is 4.68 Å². The molecule has 248 valence electrons. The third-order valence-corrected chi connectivity index (χ3v) is 12.0. The van der Waals surface area contributed by atoms with Crippen molar-refractivity contribution in [3.05, 3.63) is 168 Å². The van der Waals surface area contributed by atoms with Gasteiger partial charge in [0.1, 0.15) is 33.9 Å². The lowest BCUT2D eigenvalue weighted by molar-refractivity contribution is -0.995. The Bertz CT molecular complexity index is 3290. The molecular weight excluding hydrogens is 653 g/mol. The topological polar surface area (TPSA) is 44.7 Å². The maximum Gasteiger partial charge on any atom is 0.397 e. The molecule has 53 heavy (non-hydrogen) atoms. The van der Waals surface area contributed by atoms with E-state index in [0.29, 0.717) is 0 Å². The van der Waals surface area contributed by atoms with Crippen LogP contribution in [0.4, 0.5) is 0 Å². The number of rotatable bonds is 2. The maximum atomic E-state index is 6.90. The second kappa shape index (κ2) is 9.26. The van der Waals surface area contributed by atoms with Crippen LogP contribution in [0.25, 0.3) is 72.1 Å². The molecule has 0 bridgehead atoms. The molecule has 0 aliphatic carbocycles. The summed E-state index contributed by atoms with van der Waals surface area (Å²) in [7, 11) is 0. The van der Waals surface area contributed by atoms with Crippen LogP contribution in [0.15, 0.2) is 146 Å². The summed E-state index contributed by atoms with van der Waals surface area (Å²) >= 11 is 0.